The molecule has 1 atom stereocenters. The summed E-state index contributed by atoms with van der Waals surface area (Å²) in [5.41, 5.74) is 0.999. The highest BCUT2D eigenvalue weighted by atomic mass is 16.6. The molecule has 0 aliphatic carbocycles. The number of hydrogen-bond donors (Lipinski definition) is 2. The van der Waals surface area contributed by atoms with Crippen LogP contribution < -0.4 is 5.46 Å². The summed E-state index contributed by atoms with van der Waals surface area (Å²) in [6.45, 7) is 2.42. The number of rotatable bonds is 2. The molecular weight excluding hydrogens is 207 g/mol. The smallest absolute Gasteiger partial charge is 0.405 e. The fraction of sp³-hybridized carbons (Fsp3) is 0.455. The summed E-state index contributed by atoms with van der Waals surface area (Å²) in [6.07, 6.45) is -0.176. The quantitative estimate of drug-likeness (QED) is 0.682. The third-order valence-electron chi connectivity index (χ3n) is 2.02. The third-order valence-corrected chi connectivity index (χ3v) is 2.02. The first-order chi connectivity index (χ1) is 7.81. The molecule has 5 heteroatoms. The molecule has 16 heavy (non-hydrogen) atoms. The Morgan fingerprint density at radius 1 is 1.31 bits per heavy atom. The van der Waals surface area contributed by atoms with E-state index in [0.29, 0.717) is 6.61 Å². The Labute approximate surface area is 96.0 Å². The maximum atomic E-state index is 8.83. The van der Waals surface area contributed by atoms with Crippen LogP contribution in [0.5, 0.6) is 0 Å². The van der Waals surface area contributed by atoms with Crippen LogP contribution in [0.25, 0.3) is 0 Å². The zero-order valence-corrected chi connectivity index (χ0v) is 9.37. The highest BCUT2D eigenvalue weighted by Crippen LogP contribution is 2.07. The van der Waals surface area contributed by atoms with Crippen molar-refractivity contribution in [2.45, 2.75) is 13.0 Å². The van der Waals surface area contributed by atoms with E-state index in [-0.39, 0.29) is 26.4 Å². The Bertz CT molecular complexity index is 281. The van der Waals surface area contributed by atoms with Gasteiger partial charge in [-0.15, -0.1) is 0 Å². The summed E-state index contributed by atoms with van der Waals surface area (Å²) in [5, 5.41) is 16.4. The minimum atomic E-state index is -0.307. The SMILES string of the molecule is CCO.OC[C@H]1COB(c2ccccc2)O1. The minimum absolute atomic E-state index is 0.0172. The first kappa shape index (κ1) is 13.2. The van der Waals surface area contributed by atoms with Crippen molar-refractivity contribution in [1.82, 2.24) is 0 Å². The zero-order valence-electron chi connectivity index (χ0n) is 9.37. The van der Waals surface area contributed by atoms with E-state index < -0.39 is 0 Å². The van der Waals surface area contributed by atoms with Crippen molar-refractivity contribution in [3.63, 3.8) is 0 Å². The minimum Gasteiger partial charge on any atom is -0.405 e. The van der Waals surface area contributed by atoms with Crippen molar-refractivity contribution < 1.29 is 19.5 Å². The van der Waals surface area contributed by atoms with Crippen molar-refractivity contribution in [2.75, 3.05) is 19.8 Å². The van der Waals surface area contributed by atoms with E-state index in [1.54, 1.807) is 6.92 Å². The predicted molar refractivity (Wildman–Crippen MR) is 62.5 cm³/mol. The van der Waals surface area contributed by atoms with Crippen LogP contribution in [-0.4, -0.2) is 43.3 Å². The van der Waals surface area contributed by atoms with Gasteiger partial charge < -0.3 is 19.5 Å². The lowest BCUT2D eigenvalue weighted by atomic mass is 9.80. The monoisotopic (exact) mass is 224 g/mol. The van der Waals surface area contributed by atoms with Crippen LogP contribution in [0.2, 0.25) is 0 Å². The summed E-state index contributed by atoms with van der Waals surface area (Å²) in [4.78, 5) is 0. The van der Waals surface area contributed by atoms with Crippen molar-refractivity contribution >= 4 is 12.6 Å². The Balaban J connectivity index is 0.000000386. The van der Waals surface area contributed by atoms with Crippen molar-refractivity contribution in [1.29, 1.82) is 0 Å². The summed E-state index contributed by atoms with van der Waals surface area (Å²) in [7, 11) is -0.307. The maximum absolute atomic E-state index is 8.83. The van der Waals surface area contributed by atoms with Crippen LogP contribution in [0.4, 0.5) is 0 Å². The van der Waals surface area contributed by atoms with E-state index in [1.807, 2.05) is 30.3 Å². The molecule has 1 fully saturated rings. The molecule has 2 rings (SSSR count). The number of benzene rings is 1. The van der Waals surface area contributed by atoms with Gasteiger partial charge in [0.15, 0.2) is 0 Å². The Hall–Kier alpha value is -0.875. The van der Waals surface area contributed by atoms with E-state index in [1.165, 1.54) is 0 Å². The molecule has 0 aromatic heterocycles. The van der Waals surface area contributed by atoms with Crippen LogP contribution in [0, 0.1) is 0 Å². The van der Waals surface area contributed by atoms with Gasteiger partial charge >= 0.3 is 7.12 Å². The second-order valence-electron chi connectivity index (χ2n) is 3.33. The van der Waals surface area contributed by atoms with E-state index in [0.717, 1.165) is 5.46 Å². The lowest BCUT2D eigenvalue weighted by Crippen LogP contribution is -2.32. The van der Waals surface area contributed by atoms with Gasteiger partial charge in [-0.25, -0.2) is 0 Å². The van der Waals surface area contributed by atoms with Gasteiger partial charge in [-0.3, -0.25) is 0 Å². The molecular formula is C11H17BO4. The molecule has 1 aromatic rings. The van der Waals surface area contributed by atoms with E-state index in [9.17, 15) is 0 Å². The van der Waals surface area contributed by atoms with Gasteiger partial charge in [0.05, 0.1) is 19.3 Å². The molecule has 88 valence electrons. The Morgan fingerprint density at radius 2 is 1.94 bits per heavy atom. The van der Waals surface area contributed by atoms with E-state index in [4.69, 9.17) is 19.5 Å². The number of aliphatic hydroxyl groups is 2. The van der Waals surface area contributed by atoms with Gasteiger partial charge in [-0.2, -0.15) is 0 Å². The van der Waals surface area contributed by atoms with Crippen LogP contribution in [0.3, 0.4) is 0 Å². The second kappa shape index (κ2) is 7.41. The molecule has 1 aromatic carbocycles. The lowest BCUT2D eigenvalue weighted by molar-refractivity contribution is 0.134. The van der Waals surface area contributed by atoms with Crippen LogP contribution in [0.1, 0.15) is 6.92 Å². The summed E-state index contributed by atoms with van der Waals surface area (Å²) in [6, 6.07) is 9.72. The highest BCUT2D eigenvalue weighted by Gasteiger charge is 2.32. The molecule has 1 saturated heterocycles. The van der Waals surface area contributed by atoms with E-state index >= 15 is 0 Å². The van der Waals surface area contributed by atoms with Gasteiger partial charge in [0.25, 0.3) is 0 Å². The average molecular weight is 224 g/mol. The lowest BCUT2D eigenvalue weighted by Gasteiger charge is -2.05. The normalized spacial score (nSPS) is 19.2. The van der Waals surface area contributed by atoms with Crippen molar-refractivity contribution in [3.8, 4) is 0 Å². The average Bonchev–Trinajstić information content (AvgIpc) is 2.80. The predicted octanol–water partition coefficient (Wildman–Crippen LogP) is -0.212. The topological polar surface area (TPSA) is 58.9 Å². The molecule has 1 aliphatic heterocycles. The fourth-order valence-corrected chi connectivity index (χ4v) is 1.33. The largest absolute Gasteiger partial charge is 0.494 e. The van der Waals surface area contributed by atoms with Crippen molar-refractivity contribution in [3.05, 3.63) is 30.3 Å². The van der Waals surface area contributed by atoms with Gasteiger partial charge in [-0.1, -0.05) is 30.3 Å². The van der Waals surface area contributed by atoms with Crippen LogP contribution in [-0.2, 0) is 9.31 Å². The molecule has 4 nitrogen and oxygen atoms in total. The highest BCUT2D eigenvalue weighted by molar-refractivity contribution is 6.61. The summed E-state index contributed by atoms with van der Waals surface area (Å²) in [5.74, 6) is 0. The maximum Gasteiger partial charge on any atom is 0.494 e. The molecule has 0 saturated carbocycles. The van der Waals surface area contributed by atoms with Gasteiger partial charge in [0.2, 0.25) is 0 Å². The van der Waals surface area contributed by atoms with Gasteiger partial charge in [0, 0.05) is 6.61 Å². The molecule has 0 unspecified atom stereocenters. The first-order valence-electron chi connectivity index (χ1n) is 5.35. The van der Waals surface area contributed by atoms with Crippen LogP contribution >= 0.6 is 0 Å². The first-order valence-corrected chi connectivity index (χ1v) is 5.35. The Kier molecular flexibility index (Phi) is 6.11. The Morgan fingerprint density at radius 3 is 2.44 bits per heavy atom. The molecule has 0 bridgehead atoms. The van der Waals surface area contributed by atoms with Crippen molar-refractivity contribution in [2.24, 2.45) is 0 Å². The molecule has 0 radical (unpaired) electrons. The van der Waals surface area contributed by atoms with Crippen LogP contribution in [0.15, 0.2) is 30.3 Å². The molecule has 0 amide bonds. The third kappa shape index (κ3) is 3.94. The zero-order chi connectivity index (χ0) is 11.8. The molecule has 2 N–H and O–H groups in total. The number of hydrogen-bond acceptors (Lipinski definition) is 4. The molecule has 1 heterocycles. The standard InChI is InChI=1S/C9H11BO3.C2H6O/c11-6-9-7-12-10(13-9)8-4-2-1-3-5-8;1-2-3/h1-5,9,11H,6-7H2;3H,2H2,1H3/t9-;/m0./s1. The molecule has 0 spiro atoms. The second-order valence-corrected chi connectivity index (χ2v) is 3.33. The van der Waals surface area contributed by atoms with E-state index in [2.05, 4.69) is 0 Å². The fourth-order valence-electron chi connectivity index (χ4n) is 1.33. The van der Waals surface area contributed by atoms with Gasteiger partial charge in [-0.05, 0) is 12.4 Å². The van der Waals surface area contributed by atoms with Gasteiger partial charge in [0.1, 0.15) is 0 Å². The summed E-state index contributed by atoms with van der Waals surface area (Å²) < 4.78 is 10.8. The molecule has 1 aliphatic rings. The number of aliphatic hydroxyl groups excluding tert-OH is 2. The summed E-state index contributed by atoms with van der Waals surface area (Å²) >= 11 is 0.